The van der Waals surface area contributed by atoms with E-state index in [-0.39, 0.29) is 6.10 Å². The van der Waals surface area contributed by atoms with Crippen molar-refractivity contribution in [3.63, 3.8) is 0 Å². The number of hydrogen-bond acceptors (Lipinski definition) is 1. The quantitative estimate of drug-likeness (QED) is 0.880. The number of aryl methyl sites for hydroxylation is 2. The molecule has 0 fully saturated rings. The average molecular weight is 257 g/mol. The van der Waals surface area contributed by atoms with Crippen LogP contribution in [0.15, 0.2) is 16.6 Å². The minimum absolute atomic E-state index is 0.213. The predicted octanol–water partition coefficient (Wildman–Crippen LogP) is 3.38. The third-order valence-corrected chi connectivity index (χ3v) is 3.74. The van der Waals surface area contributed by atoms with E-state index in [0.29, 0.717) is 0 Å². The zero-order chi connectivity index (χ0) is 10.7. The standard InChI is InChI=1S/C12H17BrO/c1-8-4-6-11(7-5-9(2)14)10(3)12(8)13/h4,6,9,14H,5,7H2,1-3H3/t9-/m1/s1. The Kier molecular flexibility index (Phi) is 4.14. The van der Waals surface area contributed by atoms with Crippen LogP contribution in [0.25, 0.3) is 0 Å². The van der Waals surface area contributed by atoms with Crippen LogP contribution < -0.4 is 0 Å². The Morgan fingerprint density at radius 1 is 1.36 bits per heavy atom. The summed E-state index contributed by atoms with van der Waals surface area (Å²) in [6.45, 7) is 6.04. The molecule has 0 aliphatic carbocycles. The molecule has 0 aliphatic rings. The molecule has 1 aromatic rings. The second-order valence-electron chi connectivity index (χ2n) is 3.87. The monoisotopic (exact) mass is 256 g/mol. The van der Waals surface area contributed by atoms with Gasteiger partial charge in [-0.15, -0.1) is 0 Å². The lowest BCUT2D eigenvalue weighted by molar-refractivity contribution is 0.185. The van der Waals surface area contributed by atoms with Crippen LogP contribution >= 0.6 is 15.9 Å². The lowest BCUT2D eigenvalue weighted by Crippen LogP contribution is -2.02. The van der Waals surface area contributed by atoms with Gasteiger partial charge in [0.15, 0.2) is 0 Å². The number of aliphatic hydroxyl groups excluding tert-OH is 1. The van der Waals surface area contributed by atoms with Crippen molar-refractivity contribution in [2.75, 3.05) is 0 Å². The Morgan fingerprint density at radius 3 is 2.57 bits per heavy atom. The molecule has 0 unspecified atom stereocenters. The fourth-order valence-electron chi connectivity index (χ4n) is 1.50. The second-order valence-corrected chi connectivity index (χ2v) is 4.66. The maximum Gasteiger partial charge on any atom is 0.0515 e. The van der Waals surface area contributed by atoms with Gasteiger partial charge in [-0.05, 0) is 50.3 Å². The molecule has 0 spiro atoms. The first kappa shape index (κ1) is 11.7. The molecule has 1 nitrogen and oxygen atoms in total. The molecule has 0 heterocycles. The molecule has 0 bridgehead atoms. The number of aliphatic hydroxyl groups is 1. The van der Waals surface area contributed by atoms with Crippen molar-refractivity contribution >= 4 is 15.9 Å². The summed E-state index contributed by atoms with van der Waals surface area (Å²) in [5.41, 5.74) is 3.89. The zero-order valence-electron chi connectivity index (χ0n) is 8.97. The van der Waals surface area contributed by atoms with E-state index in [1.807, 2.05) is 6.92 Å². The molecule has 1 rings (SSSR count). The molecular formula is C12H17BrO. The lowest BCUT2D eigenvalue weighted by atomic mass is 10.0. The lowest BCUT2D eigenvalue weighted by Gasteiger charge is -2.10. The van der Waals surface area contributed by atoms with Crippen LogP contribution in [0.4, 0.5) is 0 Å². The molecule has 0 aromatic heterocycles. The minimum Gasteiger partial charge on any atom is -0.393 e. The van der Waals surface area contributed by atoms with E-state index in [1.165, 1.54) is 21.2 Å². The van der Waals surface area contributed by atoms with Crippen molar-refractivity contribution in [1.29, 1.82) is 0 Å². The summed E-state index contributed by atoms with van der Waals surface area (Å²) in [5.74, 6) is 0. The van der Waals surface area contributed by atoms with Gasteiger partial charge in [-0.25, -0.2) is 0 Å². The van der Waals surface area contributed by atoms with Gasteiger partial charge < -0.3 is 5.11 Å². The Bertz CT molecular complexity index is 318. The molecular weight excluding hydrogens is 240 g/mol. The molecule has 14 heavy (non-hydrogen) atoms. The van der Waals surface area contributed by atoms with E-state index in [2.05, 4.69) is 41.9 Å². The van der Waals surface area contributed by atoms with Crippen molar-refractivity contribution < 1.29 is 5.11 Å². The highest BCUT2D eigenvalue weighted by Crippen LogP contribution is 2.24. The Morgan fingerprint density at radius 2 is 2.00 bits per heavy atom. The van der Waals surface area contributed by atoms with Crippen LogP contribution in [0, 0.1) is 13.8 Å². The van der Waals surface area contributed by atoms with Gasteiger partial charge in [0, 0.05) is 4.47 Å². The fourth-order valence-corrected chi connectivity index (χ4v) is 1.88. The number of halogens is 1. The summed E-state index contributed by atoms with van der Waals surface area (Å²) < 4.78 is 1.19. The molecule has 2 heteroatoms. The average Bonchev–Trinajstić information content (AvgIpc) is 2.13. The van der Waals surface area contributed by atoms with Gasteiger partial charge in [0.25, 0.3) is 0 Å². The highest BCUT2D eigenvalue weighted by molar-refractivity contribution is 9.10. The van der Waals surface area contributed by atoms with Crippen LogP contribution in [0.5, 0.6) is 0 Å². The van der Waals surface area contributed by atoms with E-state index in [0.717, 1.165) is 12.8 Å². The first-order valence-corrected chi connectivity index (χ1v) is 5.74. The van der Waals surface area contributed by atoms with E-state index < -0.39 is 0 Å². The first-order valence-electron chi connectivity index (χ1n) is 4.95. The molecule has 1 atom stereocenters. The van der Waals surface area contributed by atoms with Crippen molar-refractivity contribution in [1.82, 2.24) is 0 Å². The molecule has 0 amide bonds. The van der Waals surface area contributed by atoms with E-state index >= 15 is 0 Å². The third kappa shape index (κ3) is 2.82. The van der Waals surface area contributed by atoms with Crippen molar-refractivity contribution in [2.24, 2.45) is 0 Å². The molecule has 0 saturated carbocycles. The van der Waals surface area contributed by atoms with E-state index in [1.54, 1.807) is 0 Å². The molecule has 1 aromatic carbocycles. The summed E-state index contributed by atoms with van der Waals surface area (Å²) in [6, 6.07) is 4.27. The first-order chi connectivity index (χ1) is 6.52. The SMILES string of the molecule is Cc1ccc(CC[C@@H](C)O)c(C)c1Br. The van der Waals surface area contributed by atoms with Gasteiger partial charge >= 0.3 is 0 Å². The second kappa shape index (κ2) is 4.94. The van der Waals surface area contributed by atoms with Crippen LogP contribution in [0.1, 0.15) is 30.0 Å². The maximum absolute atomic E-state index is 9.22. The van der Waals surface area contributed by atoms with Crippen LogP contribution in [0.3, 0.4) is 0 Å². The fraction of sp³-hybridized carbons (Fsp3) is 0.500. The molecule has 0 saturated heterocycles. The highest BCUT2D eigenvalue weighted by Gasteiger charge is 2.05. The Balaban J connectivity index is 2.83. The maximum atomic E-state index is 9.22. The van der Waals surface area contributed by atoms with Crippen LogP contribution in [-0.2, 0) is 6.42 Å². The van der Waals surface area contributed by atoms with Crippen LogP contribution in [-0.4, -0.2) is 11.2 Å². The van der Waals surface area contributed by atoms with Gasteiger partial charge in [-0.3, -0.25) is 0 Å². The topological polar surface area (TPSA) is 20.2 Å². The predicted molar refractivity (Wildman–Crippen MR) is 63.6 cm³/mol. The van der Waals surface area contributed by atoms with Crippen molar-refractivity contribution in [3.8, 4) is 0 Å². The van der Waals surface area contributed by atoms with Crippen molar-refractivity contribution in [3.05, 3.63) is 33.3 Å². The molecule has 0 radical (unpaired) electrons. The summed E-state index contributed by atoms with van der Waals surface area (Å²) in [6.07, 6.45) is 1.56. The Labute approximate surface area is 94.3 Å². The molecule has 78 valence electrons. The Hall–Kier alpha value is -0.340. The van der Waals surface area contributed by atoms with Gasteiger partial charge in [-0.2, -0.15) is 0 Å². The van der Waals surface area contributed by atoms with Crippen molar-refractivity contribution in [2.45, 2.75) is 39.7 Å². The third-order valence-electron chi connectivity index (χ3n) is 2.52. The normalized spacial score (nSPS) is 12.9. The smallest absolute Gasteiger partial charge is 0.0515 e. The number of rotatable bonds is 3. The summed E-state index contributed by atoms with van der Waals surface area (Å²) >= 11 is 3.57. The van der Waals surface area contributed by atoms with E-state index in [4.69, 9.17) is 0 Å². The molecule has 0 aliphatic heterocycles. The van der Waals surface area contributed by atoms with Gasteiger partial charge in [-0.1, -0.05) is 28.1 Å². The minimum atomic E-state index is -0.213. The summed E-state index contributed by atoms with van der Waals surface area (Å²) in [4.78, 5) is 0. The molecule has 1 N–H and O–H groups in total. The number of hydrogen-bond donors (Lipinski definition) is 1. The van der Waals surface area contributed by atoms with Gasteiger partial charge in [0.2, 0.25) is 0 Å². The zero-order valence-corrected chi connectivity index (χ0v) is 10.6. The summed E-state index contributed by atoms with van der Waals surface area (Å²) in [5, 5.41) is 9.22. The largest absolute Gasteiger partial charge is 0.393 e. The number of benzene rings is 1. The summed E-state index contributed by atoms with van der Waals surface area (Å²) in [7, 11) is 0. The van der Waals surface area contributed by atoms with Gasteiger partial charge in [0.1, 0.15) is 0 Å². The van der Waals surface area contributed by atoms with E-state index in [9.17, 15) is 5.11 Å². The van der Waals surface area contributed by atoms with Crippen LogP contribution in [0.2, 0.25) is 0 Å². The highest BCUT2D eigenvalue weighted by atomic mass is 79.9. The van der Waals surface area contributed by atoms with Gasteiger partial charge in [0.05, 0.1) is 6.10 Å².